The molecule has 0 fully saturated rings. The molecule has 0 spiro atoms. The number of rotatable bonds is 10. The minimum Gasteiger partial charge on any atom is -0.469 e. The van der Waals surface area contributed by atoms with Gasteiger partial charge in [-0.05, 0) is 7.05 Å². The van der Waals surface area contributed by atoms with E-state index < -0.39 is 6.10 Å². The second-order valence-electron chi connectivity index (χ2n) is 3.81. The molecular weight excluding hydrogens is 226 g/mol. The summed E-state index contributed by atoms with van der Waals surface area (Å²) in [5, 5.41) is 9.62. The van der Waals surface area contributed by atoms with Crippen LogP contribution in [-0.2, 0) is 19.0 Å². The maximum atomic E-state index is 10.9. The van der Waals surface area contributed by atoms with Gasteiger partial charge in [-0.3, -0.25) is 4.79 Å². The van der Waals surface area contributed by atoms with Gasteiger partial charge in [0.05, 0.1) is 39.5 Å². The highest BCUT2D eigenvalue weighted by molar-refractivity contribution is 5.69. The Hall–Kier alpha value is -0.690. The molecule has 1 unspecified atom stereocenters. The molecule has 0 aromatic rings. The summed E-state index contributed by atoms with van der Waals surface area (Å²) in [4.78, 5) is 12.8. The van der Waals surface area contributed by atoms with Gasteiger partial charge < -0.3 is 24.2 Å². The Morgan fingerprint density at radius 3 is 2.65 bits per heavy atom. The lowest BCUT2D eigenvalue weighted by molar-refractivity contribution is -0.141. The number of carbonyl (C=O) groups excluding carboxylic acids is 1. The lowest BCUT2D eigenvalue weighted by Crippen LogP contribution is -2.33. The van der Waals surface area contributed by atoms with E-state index in [1.165, 1.54) is 7.11 Å². The van der Waals surface area contributed by atoms with Crippen LogP contribution in [0.5, 0.6) is 0 Å². The molecule has 0 saturated heterocycles. The molecule has 0 saturated carbocycles. The van der Waals surface area contributed by atoms with Gasteiger partial charge >= 0.3 is 5.97 Å². The van der Waals surface area contributed by atoms with Crippen LogP contribution in [0.1, 0.15) is 6.42 Å². The molecule has 0 bridgehead atoms. The average molecular weight is 249 g/mol. The largest absolute Gasteiger partial charge is 0.469 e. The van der Waals surface area contributed by atoms with E-state index in [1.807, 2.05) is 11.9 Å². The van der Waals surface area contributed by atoms with Crippen LogP contribution < -0.4 is 0 Å². The lowest BCUT2D eigenvalue weighted by Gasteiger charge is -2.19. The topological polar surface area (TPSA) is 68.2 Å². The summed E-state index contributed by atoms with van der Waals surface area (Å²) < 4.78 is 14.5. The number of hydrogen-bond donors (Lipinski definition) is 1. The SMILES string of the molecule is COCCOCC(O)CN(C)CCC(=O)OC. The van der Waals surface area contributed by atoms with Gasteiger partial charge in [0.1, 0.15) is 0 Å². The van der Waals surface area contributed by atoms with Crippen molar-refractivity contribution in [3.8, 4) is 0 Å². The number of esters is 1. The molecule has 0 aliphatic rings. The van der Waals surface area contributed by atoms with E-state index >= 15 is 0 Å². The molecule has 0 aromatic heterocycles. The molecule has 0 aliphatic heterocycles. The van der Waals surface area contributed by atoms with Crippen molar-refractivity contribution in [3.63, 3.8) is 0 Å². The Bertz CT molecular complexity index is 200. The van der Waals surface area contributed by atoms with Gasteiger partial charge in [-0.15, -0.1) is 0 Å². The van der Waals surface area contributed by atoms with Crippen molar-refractivity contribution in [3.05, 3.63) is 0 Å². The summed E-state index contributed by atoms with van der Waals surface area (Å²) in [6.45, 7) is 2.28. The summed E-state index contributed by atoms with van der Waals surface area (Å²) in [6, 6.07) is 0. The predicted octanol–water partition coefficient (Wildman–Crippen LogP) is -0.495. The number of likely N-dealkylation sites (N-methyl/N-ethyl adjacent to an activating group) is 1. The van der Waals surface area contributed by atoms with Crippen LogP contribution in [0.3, 0.4) is 0 Å². The molecule has 6 heteroatoms. The number of aliphatic hydroxyl groups excluding tert-OH is 1. The molecule has 0 amide bonds. The Kier molecular flexibility index (Phi) is 10.0. The van der Waals surface area contributed by atoms with Crippen LogP contribution >= 0.6 is 0 Å². The maximum absolute atomic E-state index is 10.9. The normalized spacial score (nSPS) is 12.8. The molecular formula is C11H23NO5. The first-order valence-electron chi connectivity index (χ1n) is 5.60. The standard InChI is InChI=1S/C11H23NO5/c1-12(5-4-11(14)16-3)8-10(13)9-17-7-6-15-2/h10,13H,4-9H2,1-3H3. The fourth-order valence-electron chi connectivity index (χ4n) is 1.25. The zero-order valence-electron chi connectivity index (χ0n) is 10.8. The highest BCUT2D eigenvalue weighted by Gasteiger charge is 2.10. The van der Waals surface area contributed by atoms with E-state index in [4.69, 9.17) is 9.47 Å². The smallest absolute Gasteiger partial charge is 0.306 e. The molecule has 0 aromatic carbocycles. The third-order valence-corrected chi connectivity index (χ3v) is 2.19. The van der Waals surface area contributed by atoms with Crippen molar-refractivity contribution < 1.29 is 24.1 Å². The van der Waals surface area contributed by atoms with E-state index in [0.717, 1.165) is 0 Å². The van der Waals surface area contributed by atoms with Gasteiger partial charge in [-0.2, -0.15) is 0 Å². The summed E-state index contributed by atoms with van der Waals surface area (Å²) in [7, 11) is 4.79. The van der Waals surface area contributed by atoms with E-state index in [1.54, 1.807) is 7.11 Å². The highest BCUT2D eigenvalue weighted by atomic mass is 16.5. The Labute approximate surface area is 102 Å². The van der Waals surface area contributed by atoms with Gasteiger partial charge in [0.15, 0.2) is 0 Å². The molecule has 0 heterocycles. The van der Waals surface area contributed by atoms with Crippen molar-refractivity contribution in [2.75, 3.05) is 54.2 Å². The van der Waals surface area contributed by atoms with Gasteiger partial charge in [0.2, 0.25) is 0 Å². The summed E-state index contributed by atoms with van der Waals surface area (Å²) in [5.74, 6) is -0.248. The number of hydrogen-bond acceptors (Lipinski definition) is 6. The van der Waals surface area contributed by atoms with Crippen LogP contribution in [0.25, 0.3) is 0 Å². The van der Waals surface area contributed by atoms with Gasteiger partial charge in [-0.25, -0.2) is 0 Å². The van der Waals surface area contributed by atoms with Gasteiger partial charge in [0.25, 0.3) is 0 Å². The number of ether oxygens (including phenoxy) is 3. The number of carbonyl (C=O) groups is 1. The fraction of sp³-hybridized carbons (Fsp3) is 0.909. The van der Waals surface area contributed by atoms with Gasteiger partial charge in [-0.1, -0.05) is 0 Å². The molecule has 6 nitrogen and oxygen atoms in total. The summed E-state index contributed by atoms with van der Waals surface area (Å²) in [6.07, 6.45) is -0.237. The minimum atomic E-state index is -0.561. The quantitative estimate of drug-likeness (QED) is 0.416. The van der Waals surface area contributed by atoms with Crippen molar-refractivity contribution in [1.82, 2.24) is 4.90 Å². The zero-order chi connectivity index (χ0) is 13.1. The molecule has 1 atom stereocenters. The van der Waals surface area contributed by atoms with Crippen LogP contribution in [0.15, 0.2) is 0 Å². The van der Waals surface area contributed by atoms with Crippen molar-refractivity contribution in [2.24, 2.45) is 0 Å². The molecule has 0 aliphatic carbocycles. The fourth-order valence-corrected chi connectivity index (χ4v) is 1.25. The molecule has 0 rings (SSSR count). The van der Waals surface area contributed by atoms with Gasteiger partial charge in [0, 0.05) is 20.2 Å². The van der Waals surface area contributed by atoms with E-state index in [-0.39, 0.29) is 12.6 Å². The Balaban J connectivity index is 3.51. The predicted molar refractivity (Wildman–Crippen MR) is 62.8 cm³/mol. The van der Waals surface area contributed by atoms with E-state index in [0.29, 0.717) is 32.7 Å². The summed E-state index contributed by atoms with van der Waals surface area (Å²) in [5.41, 5.74) is 0. The number of aliphatic hydroxyl groups is 1. The summed E-state index contributed by atoms with van der Waals surface area (Å²) >= 11 is 0. The van der Waals surface area contributed by atoms with E-state index in [2.05, 4.69) is 4.74 Å². The first kappa shape index (κ1) is 16.3. The molecule has 0 radical (unpaired) electrons. The zero-order valence-corrected chi connectivity index (χ0v) is 10.8. The molecule has 102 valence electrons. The van der Waals surface area contributed by atoms with Crippen LogP contribution in [0, 0.1) is 0 Å². The van der Waals surface area contributed by atoms with E-state index in [9.17, 15) is 9.90 Å². The monoisotopic (exact) mass is 249 g/mol. The van der Waals surface area contributed by atoms with Crippen LogP contribution in [-0.4, -0.2) is 76.3 Å². The second-order valence-corrected chi connectivity index (χ2v) is 3.81. The van der Waals surface area contributed by atoms with Crippen LogP contribution in [0.2, 0.25) is 0 Å². The first-order chi connectivity index (χ1) is 8.10. The minimum absolute atomic E-state index is 0.248. The second kappa shape index (κ2) is 10.5. The average Bonchev–Trinajstić information content (AvgIpc) is 2.31. The first-order valence-corrected chi connectivity index (χ1v) is 5.60. The number of nitrogens with zero attached hydrogens (tertiary/aromatic N) is 1. The molecule has 1 N–H and O–H groups in total. The van der Waals surface area contributed by atoms with Crippen molar-refractivity contribution in [1.29, 1.82) is 0 Å². The van der Waals surface area contributed by atoms with Crippen molar-refractivity contribution in [2.45, 2.75) is 12.5 Å². The van der Waals surface area contributed by atoms with Crippen molar-refractivity contribution >= 4 is 5.97 Å². The molecule has 17 heavy (non-hydrogen) atoms. The Morgan fingerprint density at radius 1 is 1.35 bits per heavy atom. The maximum Gasteiger partial charge on any atom is 0.306 e. The highest BCUT2D eigenvalue weighted by Crippen LogP contribution is 1.94. The third kappa shape index (κ3) is 10.2. The third-order valence-electron chi connectivity index (χ3n) is 2.19. The Morgan fingerprint density at radius 2 is 2.06 bits per heavy atom. The lowest BCUT2D eigenvalue weighted by atomic mass is 10.3. The number of methoxy groups -OCH3 is 2. The van der Waals surface area contributed by atoms with Crippen LogP contribution in [0.4, 0.5) is 0 Å².